The van der Waals surface area contributed by atoms with Crippen LogP contribution in [0, 0.1) is 0 Å². The number of rotatable bonds is 3. The van der Waals surface area contributed by atoms with Crippen molar-refractivity contribution in [2.24, 2.45) is 0 Å². The molecule has 0 spiro atoms. The average Bonchev–Trinajstić information content (AvgIpc) is 2.85. The Kier molecular flexibility index (Phi) is 3.23. The molecule has 1 aromatic rings. The van der Waals surface area contributed by atoms with E-state index in [0.717, 1.165) is 0 Å². The predicted molar refractivity (Wildman–Crippen MR) is 60.9 cm³/mol. The Morgan fingerprint density at radius 3 is 2.88 bits per heavy atom. The topological polar surface area (TPSA) is 55.2 Å². The molecule has 0 bridgehead atoms. The maximum atomic E-state index is 12.1. The second-order valence-corrected chi connectivity index (χ2v) is 6.29. The zero-order valence-corrected chi connectivity index (χ0v) is 10.6. The van der Waals surface area contributed by atoms with Crippen LogP contribution in [0.25, 0.3) is 0 Å². The van der Waals surface area contributed by atoms with Crippen molar-refractivity contribution >= 4 is 21.6 Å². The van der Waals surface area contributed by atoms with E-state index in [1.54, 1.807) is 10.8 Å². The third-order valence-corrected chi connectivity index (χ3v) is 4.78. The van der Waals surface area contributed by atoms with Crippen LogP contribution in [0.15, 0.2) is 17.6 Å². The molecule has 0 saturated carbocycles. The van der Waals surface area contributed by atoms with E-state index in [4.69, 9.17) is 11.6 Å². The second-order valence-electron chi connectivity index (χ2n) is 3.79. The van der Waals surface area contributed by atoms with Crippen LogP contribution in [0.5, 0.6) is 0 Å². The highest BCUT2D eigenvalue weighted by molar-refractivity contribution is 7.89. The van der Waals surface area contributed by atoms with Crippen LogP contribution < -0.4 is 0 Å². The summed E-state index contributed by atoms with van der Waals surface area (Å²) in [6, 6.07) is 0. The molecule has 0 aromatic carbocycles. The minimum atomic E-state index is -3.44. The molecule has 0 radical (unpaired) electrons. The molecule has 1 atom stereocenters. The lowest BCUT2D eigenvalue weighted by Gasteiger charge is -2.13. The van der Waals surface area contributed by atoms with Gasteiger partial charge in [0, 0.05) is 31.2 Å². The molecule has 5 nitrogen and oxygen atoms in total. The molecule has 16 heavy (non-hydrogen) atoms. The Morgan fingerprint density at radius 2 is 2.38 bits per heavy atom. The first-order chi connectivity index (χ1) is 7.54. The average molecular weight is 264 g/mol. The van der Waals surface area contributed by atoms with Gasteiger partial charge in [-0.25, -0.2) is 13.4 Å². The van der Waals surface area contributed by atoms with Gasteiger partial charge in [-0.2, -0.15) is 4.31 Å². The van der Waals surface area contributed by atoms with E-state index < -0.39 is 10.0 Å². The van der Waals surface area contributed by atoms with Crippen LogP contribution in [0.3, 0.4) is 0 Å². The quantitative estimate of drug-likeness (QED) is 0.762. The van der Waals surface area contributed by atoms with Gasteiger partial charge in [0.15, 0.2) is 5.03 Å². The van der Waals surface area contributed by atoms with Crippen molar-refractivity contribution in [1.29, 1.82) is 0 Å². The Bertz CT molecular complexity index is 471. The zero-order valence-electron chi connectivity index (χ0n) is 9.00. The monoisotopic (exact) mass is 263 g/mol. The van der Waals surface area contributed by atoms with E-state index in [2.05, 4.69) is 4.98 Å². The number of alkyl halides is 1. The lowest BCUT2D eigenvalue weighted by molar-refractivity contribution is 0.475. The minimum absolute atomic E-state index is 0.0805. The third-order valence-electron chi connectivity index (χ3n) is 2.67. The molecule has 1 aliphatic rings. The normalized spacial score (nSPS) is 22.8. The first-order valence-corrected chi connectivity index (χ1v) is 7.07. The van der Waals surface area contributed by atoms with Crippen molar-refractivity contribution < 1.29 is 8.42 Å². The van der Waals surface area contributed by atoms with Gasteiger partial charge < -0.3 is 4.57 Å². The van der Waals surface area contributed by atoms with Crippen LogP contribution >= 0.6 is 11.6 Å². The van der Waals surface area contributed by atoms with Gasteiger partial charge in [0.2, 0.25) is 0 Å². The summed E-state index contributed by atoms with van der Waals surface area (Å²) in [7, 11) is -3.44. The van der Waals surface area contributed by atoms with Gasteiger partial charge in [-0.05, 0) is 13.3 Å². The van der Waals surface area contributed by atoms with Gasteiger partial charge in [0.1, 0.15) is 0 Å². The molecule has 1 fully saturated rings. The fraction of sp³-hybridized carbons (Fsp3) is 0.667. The molecular formula is C9H14ClN3O2S. The van der Waals surface area contributed by atoms with Crippen LogP contribution in [0.1, 0.15) is 13.3 Å². The van der Waals surface area contributed by atoms with Crippen LogP contribution in [0.2, 0.25) is 0 Å². The number of hydrogen-bond acceptors (Lipinski definition) is 3. The number of aryl methyl sites for hydroxylation is 1. The standard InChI is InChI=1S/C9H14ClN3O2S/c1-2-12-6-9(11-7-12)16(14,15)13-4-3-8(10)5-13/h6-8H,2-5H2,1H3. The van der Waals surface area contributed by atoms with Crippen LogP contribution in [0.4, 0.5) is 0 Å². The highest BCUT2D eigenvalue weighted by Gasteiger charge is 2.32. The van der Waals surface area contributed by atoms with Gasteiger partial charge in [-0.15, -0.1) is 11.6 Å². The third kappa shape index (κ3) is 2.09. The number of halogens is 1. The summed E-state index contributed by atoms with van der Waals surface area (Å²) < 4.78 is 27.3. The molecule has 0 amide bonds. The number of nitrogens with zero attached hydrogens (tertiary/aromatic N) is 3. The Hall–Kier alpha value is -0.590. The summed E-state index contributed by atoms with van der Waals surface area (Å²) >= 11 is 5.90. The fourth-order valence-electron chi connectivity index (χ4n) is 1.68. The Labute approximate surface area is 100 Å². The molecule has 2 rings (SSSR count). The van der Waals surface area contributed by atoms with Crippen molar-refractivity contribution in [3.05, 3.63) is 12.5 Å². The Morgan fingerprint density at radius 1 is 1.62 bits per heavy atom. The van der Waals surface area contributed by atoms with Gasteiger partial charge in [-0.3, -0.25) is 0 Å². The lowest BCUT2D eigenvalue weighted by Crippen LogP contribution is -2.29. The van der Waals surface area contributed by atoms with Gasteiger partial charge in [0.05, 0.1) is 6.33 Å². The fourth-order valence-corrected chi connectivity index (χ4v) is 3.47. The van der Waals surface area contributed by atoms with Crippen molar-refractivity contribution in [1.82, 2.24) is 13.9 Å². The summed E-state index contributed by atoms with van der Waals surface area (Å²) in [4.78, 5) is 3.92. The van der Waals surface area contributed by atoms with E-state index in [-0.39, 0.29) is 10.4 Å². The molecule has 1 saturated heterocycles. The maximum Gasteiger partial charge on any atom is 0.262 e. The van der Waals surface area contributed by atoms with E-state index in [0.29, 0.717) is 26.1 Å². The van der Waals surface area contributed by atoms with E-state index >= 15 is 0 Å². The molecule has 0 aliphatic carbocycles. The molecule has 90 valence electrons. The SMILES string of the molecule is CCn1cnc(S(=O)(=O)N2CCC(Cl)C2)c1. The highest BCUT2D eigenvalue weighted by Crippen LogP contribution is 2.22. The smallest absolute Gasteiger partial charge is 0.262 e. The Balaban J connectivity index is 2.25. The minimum Gasteiger partial charge on any atom is -0.336 e. The number of hydrogen-bond donors (Lipinski definition) is 0. The highest BCUT2D eigenvalue weighted by atomic mass is 35.5. The molecule has 1 unspecified atom stereocenters. The number of aromatic nitrogens is 2. The summed E-state index contributed by atoms with van der Waals surface area (Å²) in [6.07, 6.45) is 3.79. The molecule has 1 aliphatic heterocycles. The second kappa shape index (κ2) is 4.35. The summed E-state index contributed by atoms with van der Waals surface area (Å²) in [5.74, 6) is 0. The number of imidazole rings is 1. The van der Waals surface area contributed by atoms with Crippen LogP contribution in [-0.2, 0) is 16.6 Å². The van der Waals surface area contributed by atoms with E-state index in [9.17, 15) is 8.42 Å². The van der Waals surface area contributed by atoms with Crippen molar-refractivity contribution in [2.45, 2.75) is 30.3 Å². The molecular weight excluding hydrogens is 250 g/mol. The summed E-state index contributed by atoms with van der Waals surface area (Å²) in [6.45, 7) is 3.50. The number of sulfonamides is 1. The first-order valence-electron chi connectivity index (χ1n) is 5.20. The van der Waals surface area contributed by atoms with Gasteiger partial charge in [-0.1, -0.05) is 0 Å². The predicted octanol–water partition coefficient (Wildman–Crippen LogP) is 0.905. The zero-order chi connectivity index (χ0) is 11.8. The van der Waals surface area contributed by atoms with Gasteiger partial charge >= 0.3 is 0 Å². The van der Waals surface area contributed by atoms with Gasteiger partial charge in [0.25, 0.3) is 10.0 Å². The molecule has 0 N–H and O–H groups in total. The van der Waals surface area contributed by atoms with Crippen molar-refractivity contribution in [2.75, 3.05) is 13.1 Å². The lowest BCUT2D eigenvalue weighted by atomic mass is 10.4. The van der Waals surface area contributed by atoms with Crippen molar-refractivity contribution in [3.63, 3.8) is 0 Å². The van der Waals surface area contributed by atoms with E-state index in [1.165, 1.54) is 10.6 Å². The van der Waals surface area contributed by atoms with Crippen molar-refractivity contribution in [3.8, 4) is 0 Å². The maximum absolute atomic E-state index is 12.1. The van der Waals surface area contributed by atoms with E-state index in [1.807, 2.05) is 6.92 Å². The molecule has 2 heterocycles. The molecule has 1 aromatic heterocycles. The molecule has 7 heteroatoms. The summed E-state index contributed by atoms with van der Waals surface area (Å²) in [5.41, 5.74) is 0. The van der Waals surface area contributed by atoms with Crippen LogP contribution in [-0.4, -0.2) is 40.7 Å². The largest absolute Gasteiger partial charge is 0.336 e. The summed E-state index contributed by atoms with van der Waals surface area (Å²) in [5, 5.41) is 0.0307. The first kappa shape index (κ1) is 11.9.